The van der Waals surface area contributed by atoms with Crippen LogP contribution in [0.15, 0.2) is 0 Å². The molecule has 2 aliphatic rings. The molecule has 2 fully saturated rings. The lowest BCUT2D eigenvalue weighted by Crippen LogP contribution is -2.34. The molecule has 2 atom stereocenters. The van der Waals surface area contributed by atoms with Crippen molar-refractivity contribution in [1.82, 2.24) is 5.32 Å². The van der Waals surface area contributed by atoms with E-state index in [0.29, 0.717) is 5.92 Å². The van der Waals surface area contributed by atoms with Crippen LogP contribution in [-0.4, -0.2) is 37.9 Å². The van der Waals surface area contributed by atoms with Crippen LogP contribution in [0, 0.1) is 5.92 Å². The maximum Gasteiger partial charge on any atom is 0.332 e. The normalized spacial score (nSPS) is 30.1. The molecule has 2 rings (SSSR count). The molecule has 0 radical (unpaired) electrons. The van der Waals surface area contributed by atoms with Gasteiger partial charge in [-0.2, -0.15) is 0 Å². The van der Waals surface area contributed by atoms with Gasteiger partial charge in [0.25, 0.3) is 0 Å². The number of carbonyl (C=O) groups excluding carboxylic acids is 1. The van der Waals surface area contributed by atoms with E-state index < -0.39 is 0 Å². The fourth-order valence-corrected chi connectivity index (χ4v) is 2.85. The monoisotopic (exact) mass is 255 g/mol. The summed E-state index contributed by atoms with van der Waals surface area (Å²) >= 11 is 0. The van der Waals surface area contributed by atoms with Gasteiger partial charge in [0.1, 0.15) is 12.7 Å². The molecule has 104 valence electrons. The van der Waals surface area contributed by atoms with Crippen LogP contribution in [0.5, 0.6) is 0 Å². The van der Waals surface area contributed by atoms with Gasteiger partial charge < -0.3 is 14.8 Å². The summed E-state index contributed by atoms with van der Waals surface area (Å²) in [5.74, 6) is 0.495. The molecule has 1 aliphatic carbocycles. The lowest BCUT2D eigenvalue weighted by Gasteiger charge is -2.27. The topological polar surface area (TPSA) is 47.6 Å². The number of nitrogens with one attached hydrogen (secondary N) is 1. The summed E-state index contributed by atoms with van der Waals surface area (Å²) in [6.45, 7) is 4.32. The molecule has 1 saturated carbocycles. The van der Waals surface area contributed by atoms with Crippen molar-refractivity contribution in [1.29, 1.82) is 0 Å². The summed E-state index contributed by atoms with van der Waals surface area (Å²) in [4.78, 5) is 11.7. The van der Waals surface area contributed by atoms with Gasteiger partial charge in [0, 0.05) is 0 Å². The van der Waals surface area contributed by atoms with Crippen LogP contribution in [0.25, 0.3) is 0 Å². The largest absolute Gasteiger partial charge is 0.461 e. The average Bonchev–Trinajstić information content (AvgIpc) is 2.38. The molecule has 0 spiro atoms. The van der Waals surface area contributed by atoms with E-state index in [4.69, 9.17) is 9.47 Å². The Hall–Kier alpha value is -0.610. The van der Waals surface area contributed by atoms with Gasteiger partial charge in [0.05, 0.1) is 6.10 Å². The number of hydrogen-bond donors (Lipinski definition) is 1. The van der Waals surface area contributed by atoms with E-state index in [2.05, 4.69) is 12.2 Å². The second kappa shape index (κ2) is 7.10. The predicted molar refractivity (Wildman–Crippen MR) is 69.4 cm³/mol. The molecular formula is C14H25NO3. The number of esters is 1. The van der Waals surface area contributed by atoms with Gasteiger partial charge in [-0.15, -0.1) is 0 Å². The van der Waals surface area contributed by atoms with Gasteiger partial charge in [-0.1, -0.05) is 13.3 Å². The van der Waals surface area contributed by atoms with Gasteiger partial charge in [-0.25, -0.2) is 4.79 Å². The highest BCUT2D eigenvalue weighted by molar-refractivity contribution is 5.70. The lowest BCUT2D eigenvalue weighted by molar-refractivity contribution is -0.159. The molecule has 0 aromatic carbocycles. The molecule has 0 aromatic rings. The molecular weight excluding hydrogens is 230 g/mol. The predicted octanol–water partition coefficient (Wildman–Crippen LogP) is 1.88. The third kappa shape index (κ3) is 4.58. The number of rotatable bonds is 4. The van der Waals surface area contributed by atoms with E-state index in [1.54, 1.807) is 0 Å². The zero-order valence-electron chi connectivity index (χ0n) is 11.3. The first-order valence-electron chi connectivity index (χ1n) is 7.26. The number of piperidine rings is 1. The van der Waals surface area contributed by atoms with Gasteiger partial charge >= 0.3 is 5.97 Å². The molecule has 1 N–H and O–H groups in total. The first kappa shape index (κ1) is 13.8. The Morgan fingerprint density at radius 1 is 1.17 bits per heavy atom. The first-order chi connectivity index (χ1) is 8.74. The molecule has 4 nitrogen and oxygen atoms in total. The standard InChI is InChI=1S/C14H25NO3/c1-11-3-2-4-13(9-11)18-14(16)10-17-12-5-7-15-8-6-12/h11-13,15H,2-10H2,1H3. The van der Waals surface area contributed by atoms with E-state index in [-0.39, 0.29) is 24.8 Å². The van der Waals surface area contributed by atoms with Crippen LogP contribution < -0.4 is 5.32 Å². The van der Waals surface area contributed by atoms with Crippen LogP contribution in [0.3, 0.4) is 0 Å². The SMILES string of the molecule is CC1CCCC(OC(=O)COC2CCNCC2)C1. The van der Waals surface area contributed by atoms with Crippen molar-refractivity contribution in [3.8, 4) is 0 Å². The van der Waals surface area contributed by atoms with E-state index in [1.165, 1.54) is 12.8 Å². The van der Waals surface area contributed by atoms with E-state index in [1.807, 2.05) is 0 Å². The third-order valence-electron chi connectivity index (χ3n) is 3.91. The molecule has 1 aliphatic heterocycles. The van der Waals surface area contributed by atoms with Crippen LogP contribution in [0.2, 0.25) is 0 Å². The van der Waals surface area contributed by atoms with E-state index in [0.717, 1.165) is 38.8 Å². The molecule has 0 amide bonds. The van der Waals surface area contributed by atoms with E-state index in [9.17, 15) is 4.79 Å². The summed E-state index contributed by atoms with van der Waals surface area (Å²) in [5.41, 5.74) is 0. The van der Waals surface area contributed by atoms with Gasteiger partial charge in [-0.3, -0.25) is 0 Å². The molecule has 18 heavy (non-hydrogen) atoms. The van der Waals surface area contributed by atoms with Crippen molar-refractivity contribution < 1.29 is 14.3 Å². The van der Waals surface area contributed by atoms with Crippen LogP contribution in [-0.2, 0) is 14.3 Å². The van der Waals surface area contributed by atoms with Gasteiger partial charge in [0.2, 0.25) is 0 Å². The van der Waals surface area contributed by atoms with Crippen LogP contribution >= 0.6 is 0 Å². The fourth-order valence-electron chi connectivity index (χ4n) is 2.85. The number of carbonyl (C=O) groups is 1. The average molecular weight is 255 g/mol. The lowest BCUT2D eigenvalue weighted by atomic mass is 9.89. The Labute approximate surface area is 109 Å². The summed E-state index contributed by atoms with van der Waals surface area (Å²) in [6.07, 6.45) is 6.81. The molecule has 1 saturated heterocycles. The quantitative estimate of drug-likeness (QED) is 0.779. The second-order valence-corrected chi connectivity index (χ2v) is 5.64. The van der Waals surface area contributed by atoms with Crippen molar-refractivity contribution >= 4 is 5.97 Å². The van der Waals surface area contributed by atoms with E-state index >= 15 is 0 Å². The minimum atomic E-state index is -0.187. The molecule has 0 bridgehead atoms. The summed E-state index contributed by atoms with van der Waals surface area (Å²) in [5, 5.41) is 3.28. The van der Waals surface area contributed by atoms with Crippen molar-refractivity contribution in [2.24, 2.45) is 5.92 Å². The first-order valence-corrected chi connectivity index (χ1v) is 7.26. The molecule has 2 unspecified atom stereocenters. The minimum Gasteiger partial charge on any atom is -0.461 e. The highest BCUT2D eigenvalue weighted by Crippen LogP contribution is 2.25. The number of ether oxygens (including phenoxy) is 2. The van der Waals surface area contributed by atoms with Crippen molar-refractivity contribution in [2.45, 2.75) is 57.7 Å². The Kier molecular flexibility index (Phi) is 5.45. The van der Waals surface area contributed by atoms with Crippen molar-refractivity contribution in [3.63, 3.8) is 0 Å². The molecule has 1 heterocycles. The minimum absolute atomic E-state index is 0.121. The Morgan fingerprint density at radius 2 is 1.94 bits per heavy atom. The maximum absolute atomic E-state index is 11.7. The zero-order valence-corrected chi connectivity index (χ0v) is 11.3. The number of hydrogen-bond acceptors (Lipinski definition) is 4. The highest BCUT2D eigenvalue weighted by Gasteiger charge is 2.23. The summed E-state index contributed by atoms with van der Waals surface area (Å²) in [7, 11) is 0. The smallest absolute Gasteiger partial charge is 0.332 e. The molecule has 0 aromatic heterocycles. The summed E-state index contributed by atoms with van der Waals surface area (Å²) in [6, 6.07) is 0. The van der Waals surface area contributed by atoms with Crippen LogP contribution in [0.1, 0.15) is 45.4 Å². The third-order valence-corrected chi connectivity index (χ3v) is 3.91. The van der Waals surface area contributed by atoms with Crippen molar-refractivity contribution in [2.75, 3.05) is 19.7 Å². The fraction of sp³-hybridized carbons (Fsp3) is 0.929. The Balaban J connectivity index is 1.62. The zero-order chi connectivity index (χ0) is 12.8. The van der Waals surface area contributed by atoms with Crippen molar-refractivity contribution in [3.05, 3.63) is 0 Å². The van der Waals surface area contributed by atoms with Gasteiger partial charge in [0.15, 0.2) is 0 Å². The summed E-state index contributed by atoms with van der Waals surface area (Å²) < 4.78 is 11.1. The highest BCUT2D eigenvalue weighted by atomic mass is 16.6. The van der Waals surface area contributed by atoms with Gasteiger partial charge in [-0.05, 0) is 51.1 Å². The Morgan fingerprint density at radius 3 is 2.67 bits per heavy atom. The molecule has 4 heteroatoms. The maximum atomic E-state index is 11.7. The van der Waals surface area contributed by atoms with Crippen LogP contribution in [0.4, 0.5) is 0 Å². The second-order valence-electron chi connectivity index (χ2n) is 5.64. The Bertz CT molecular complexity index is 264.